The smallest absolute Gasteiger partial charge is 0.0431 e. The summed E-state index contributed by atoms with van der Waals surface area (Å²) in [6, 6.07) is 0. The second-order valence-electron chi connectivity index (χ2n) is 5.04. The summed E-state index contributed by atoms with van der Waals surface area (Å²) in [4.78, 5) is 1.50. The highest BCUT2D eigenvalue weighted by atomic mass is 15.2. The second-order valence-corrected chi connectivity index (χ2v) is 5.04. The minimum absolute atomic E-state index is 0.0420. The molecule has 78 valence electrons. The lowest BCUT2D eigenvalue weighted by atomic mass is 9.85. The van der Waals surface area contributed by atoms with Crippen LogP contribution in [0.4, 0.5) is 0 Å². The van der Waals surface area contributed by atoms with Crippen molar-refractivity contribution in [3.05, 3.63) is 0 Å². The third kappa shape index (κ3) is 2.98. The van der Waals surface area contributed by atoms with Gasteiger partial charge in [-0.05, 0) is 58.4 Å². The van der Waals surface area contributed by atoms with Gasteiger partial charge in [-0.3, -0.25) is 4.90 Å². The van der Waals surface area contributed by atoms with E-state index in [0.29, 0.717) is 0 Å². The second kappa shape index (κ2) is 4.00. The zero-order valence-electron chi connectivity index (χ0n) is 14.4. The minimum atomic E-state index is -2.04. The summed E-state index contributed by atoms with van der Waals surface area (Å²) in [6.45, 7) is 7.56. The van der Waals surface area contributed by atoms with Gasteiger partial charge in [0.2, 0.25) is 0 Å². The molecule has 0 N–H and O–H groups in total. The van der Waals surface area contributed by atoms with Crippen molar-refractivity contribution < 1.29 is 6.85 Å². The van der Waals surface area contributed by atoms with Gasteiger partial charge in [-0.1, -0.05) is 13.8 Å². The van der Waals surface area contributed by atoms with Gasteiger partial charge in [0.1, 0.15) is 0 Å². The topological polar surface area (TPSA) is 3.24 Å². The first-order chi connectivity index (χ1) is 7.83. The molecule has 1 rings (SSSR count). The Morgan fingerprint density at radius 2 is 2.00 bits per heavy atom. The van der Waals surface area contributed by atoms with E-state index in [4.69, 9.17) is 6.85 Å². The molecule has 0 aliphatic carbocycles. The van der Waals surface area contributed by atoms with Crippen LogP contribution in [0.2, 0.25) is 0 Å². The van der Waals surface area contributed by atoms with Crippen molar-refractivity contribution in [1.82, 2.24) is 4.90 Å². The highest BCUT2D eigenvalue weighted by Crippen LogP contribution is 2.27. The van der Waals surface area contributed by atoms with Gasteiger partial charge >= 0.3 is 0 Å². The molecule has 1 fully saturated rings. The van der Waals surface area contributed by atoms with Gasteiger partial charge in [0, 0.05) is 12.4 Å². The lowest BCUT2D eigenvalue weighted by molar-refractivity contribution is 0.0754. The fourth-order valence-corrected chi connectivity index (χ4v) is 1.36. The molecule has 0 aromatic carbocycles. The van der Waals surface area contributed by atoms with Crippen LogP contribution in [-0.4, -0.2) is 23.5 Å². The number of piperidine rings is 1. The average molecular weight is 188 g/mol. The third-order valence-corrected chi connectivity index (χ3v) is 2.44. The largest absolute Gasteiger partial charge is 0.298 e. The molecule has 0 amide bonds. The normalized spacial score (nSPS) is 45.8. The molecular formula is C12H25N. The first-order valence-electron chi connectivity index (χ1n) is 7.61. The molecule has 1 heteroatoms. The van der Waals surface area contributed by atoms with E-state index in [2.05, 4.69) is 0 Å². The summed E-state index contributed by atoms with van der Waals surface area (Å²) in [5.74, 6) is -0.620. The average Bonchev–Trinajstić information content (AvgIpc) is 2.08. The minimum Gasteiger partial charge on any atom is -0.298 e. The maximum absolute atomic E-state index is 8.19. The number of likely N-dealkylation sites (tertiary alicyclic amines) is 1. The predicted octanol–water partition coefficient (Wildman–Crippen LogP) is 3.15. The van der Waals surface area contributed by atoms with Crippen molar-refractivity contribution in [1.29, 1.82) is 0 Å². The molecule has 2 unspecified atom stereocenters. The molecule has 0 aromatic heterocycles. The van der Waals surface area contributed by atoms with Crippen LogP contribution < -0.4 is 0 Å². The van der Waals surface area contributed by atoms with Crippen LogP contribution in [0.3, 0.4) is 0 Å². The van der Waals surface area contributed by atoms with E-state index in [1.165, 1.54) is 4.90 Å². The first-order valence-corrected chi connectivity index (χ1v) is 5.03. The maximum atomic E-state index is 8.19. The molecule has 1 nitrogen and oxygen atoms in total. The molecule has 1 aliphatic rings. The van der Waals surface area contributed by atoms with Gasteiger partial charge in [0.25, 0.3) is 0 Å². The Kier molecular flexibility index (Phi) is 1.77. The van der Waals surface area contributed by atoms with Crippen LogP contribution in [-0.2, 0) is 0 Å². The van der Waals surface area contributed by atoms with E-state index in [-0.39, 0.29) is 12.5 Å². The van der Waals surface area contributed by atoms with Crippen molar-refractivity contribution in [2.24, 2.45) is 11.8 Å². The lowest BCUT2D eigenvalue weighted by Gasteiger charge is -2.41. The van der Waals surface area contributed by atoms with Crippen molar-refractivity contribution in [2.75, 3.05) is 13.0 Å². The molecule has 1 heterocycles. The van der Waals surface area contributed by atoms with Crippen LogP contribution in [0, 0.1) is 11.8 Å². The zero-order chi connectivity index (χ0) is 14.5. The standard InChI is InChI=1S/C12H25N/c1-10(2)11-6-8-13(9-7-11)12(3,4)5/h10-11H,6-9H2,1-5H3/i6D,7D2,9D2. The SMILES string of the molecule is [2H]C1CN(C(C)(C)C)C([2H])([2H])C([2H])([2H])C1C(C)C. The summed E-state index contributed by atoms with van der Waals surface area (Å²) in [5.41, 5.74) is -0.488. The van der Waals surface area contributed by atoms with Gasteiger partial charge in [0.05, 0.1) is 0 Å². The van der Waals surface area contributed by atoms with E-state index < -0.39 is 30.7 Å². The molecule has 13 heavy (non-hydrogen) atoms. The van der Waals surface area contributed by atoms with Crippen molar-refractivity contribution in [3.63, 3.8) is 0 Å². The van der Waals surface area contributed by atoms with Gasteiger partial charge in [-0.2, -0.15) is 0 Å². The fourth-order valence-electron chi connectivity index (χ4n) is 1.36. The van der Waals surface area contributed by atoms with Crippen LogP contribution >= 0.6 is 0 Å². The van der Waals surface area contributed by atoms with Crippen LogP contribution in [0.25, 0.3) is 0 Å². The molecule has 2 atom stereocenters. The summed E-state index contributed by atoms with van der Waals surface area (Å²) in [6.07, 6.45) is -2.61. The van der Waals surface area contributed by atoms with Crippen LogP contribution in [0.1, 0.15) is 54.2 Å². The van der Waals surface area contributed by atoms with Crippen molar-refractivity contribution >= 4 is 0 Å². The Labute approximate surface area is 90.5 Å². The van der Waals surface area contributed by atoms with E-state index in [0.717, 1.165) is 0 Å². The highest BCUT2D eigenvalue weighted by molar-refractivity contribution is 4.82. The number of hydrogen-bond acceptors (Lipinski definition) is 1. The Balaban J connectivity index is 3.23. The zero-order valence-corrected chi connectivity index (χ0v) is 9.39. The van der Waals surface area contributed by atoms with Crippen LogP contribution in [0.5, 0.6) is 0 Å². The molecule has 0 radical (unpaired) electrons. The van der Waals surface area contributed by atoms with E-state index in [9.17, 15) is 0 Å². The van der Waals surface area contributed by atoms with E-state index in [1.807, 2.05) is 34.6 Å². The molecular weight excluding hydrogens is 158 g/mol. The third-order valence-electron chi connectivity index (χ3n) is 2.44. The predicted molar refractivity (Wildman–Crippen MR) is 58.9 cm³/mol. The van der Waals surface area contributed by atoms with Gasteiger partial charge < -0.3 is 0 Å². The lowest BCUT2D eigenvalue weighted by Crippen LogP contribution is -2.46. The van der Waals surface area contributed by atoms with Gasteiger partial charge in [-0.15, -0.1) is 0 Å². The van der Waals surface area contributed by atoms with Gasteiger partial charge in [-0.25, -0.2) is 0 Å². The molecule has 0 aromatic rings. The monoisotopic (exact) mass is 188 g/mol. The van der Waals surface area contributed by atoms with Crippen LogP contribution in [0.15, 0.2) is 0 Å². The Morgan fingerprint density at radius 1 is 1.38 bits per heavy atom. The quantitative estimate of drug-likeness (QED) is 0.611. The molecule has 1 aliphatic heterocycles. The fraction of sp³-hybridized carbons (Fsp3) is 1.00. The Hall–Kier alpha value is -0.0400. The maximum Gasteiger partial charge on any atom is 0.0431 e. The summed E-state index contributed by atoms with van der Waals surface area (Å²) in [7, 11) is 0. The first kappa shape index (κ1) is 5.75. The van der Waals surface area contributed by atoms with Crippen molar-refractivity contribution in [3.8, 4) is 0 Å². The van der Waals surface area contributed by atoms with Gasteiger partial charge in [0.15, 0.2) is 0 Å². The molecule has 0 saturated carbocycles. The number of rotatable bonds is 1. The molecule has 0 spiro atoms. The summed E-state index contributed by atoms with van der Waals surface area (Å²) >= 11 is 0. The Morgan fingerprint density at radius 3 is 2.46 bits per heavy atom. The van der Waals surface area contributed by atoms with Crippen molar-refractivity contribution in [2.45, 2.75) is 52.9 Å². The van der Waals surface area contributed by atoms with E-state index >= 15 is 0 Å². The summed E-state index contributed by atoms with van der Waals surface area (Å²) in [5, 5.41) is 0. The van der Waals surface area contributed by atoms with E-state index in [1.54, 1.807) is 0 Å². The highest BCUT2D eigenvalue weighted by Gasteiger charge is 2.27. The molecule has 0 bridgehead atoms. The Bertz CT molecular complexity index is 302. The number of hydrogen-bond donors (Lipinski definition) is 0. The summed E-state index contributed by atoms with van der Waals surface area (Å²) < 4.78 is 40.9. The molecule has 1 saturated heterocycles. The number of nitrogens with zero attached hydrogens (tertiary/aromatic N) is 1.